The summed E-state index contributed by atoms with van der Waals surface area (Å²) < 4.78 is 7.57. The van der Waals surface area contributed by atoms with Gasteiger partial charge in [-0.1, -0.05) is 30.3 Å². The van der Waals surface area contributed by atoms with Crippen LogP contribution in [-0.2, 0) is 11.2 Å². The molecule has 2 aromatic carbocycles. The van der Waals surface area contributed by atoms with Gasteiger partial charge >= 0.3 is 0 Å². The summed E-state index contributed by atoms with van der Waals surface area (Å²) >= 11 is 0. The fraction of sp³-hybridized carbons (Fsp3) is 0.261. The van der Waals surface area contributed by atoms with Crippen molar-refractivity contribution in [2.75, 3.05) is 13.7 Å². The fourth-order valence-electron chi connectivity index (χ4n) is 3.90. The average molecular weight is 360 g/mol. The average Bonchev–Trinajstić information content (AvgIpc) is 3.40. The summed E-state index contributed by atoms with van der Waals surface area (Å²) in [5.41, 5.74) is 3.25. The number of likely N-dealkylation sites (tertiary alicyclic amines) is 1. The molecule has 1 aromatic heterocycles. The number of carbonyl (C=O) groups excluding carboxylic acids is 1. The molecule has 27 heavy (non-hydrogen) atoms. The molecular weight excluding hydrogens is 336 g/mol. The highest BCUT2D eigenvalue weighted by molar-refractivity contribution is 5.79. The van der Waals surface area contributed by atoms with Gasteiger partial charge in [0, 0.05) is 30.2 Å². The molecule has 4 nitrogen and oxygen atoms in total. The molecule has 0 aliphatic carbocycles. The maximum atomic E-state index is 13.0. The maximum absolute atomic E-state index is 13.0. The van der Waals surface area contributed by atoms with Crippen LogP contribution in [0.15, 0.2) is 73.1 Å². The quantitative estimate of drug-likeness (QED) is 0.676. The van der Waals surface area contributed by atoms with E-state index in [1.165, 1.54) is 0 Å². The molecule has 4 heteroatoms. The van der Waals surface area contributed by atoms with Gasteiger partial charge in [-0.15, -0.1) is 0 Å². The first-order valence-corrected chi connectivity index (χ1v) is 9.41. The Morgan fingerprint density at radius 3 is 2.52 bits per heavy atom. The van der Waals surface area contributed by atoms with Gasteiger partial charge in [0.25, 0.3) is 0 Å². The number of ether oxygens (including phenoxy) is 1. The van der Waals surface area contributed by atoms with E-state index in [1.54, 1.807) is 7.11 Å². The maximum Gasteiger partial charge on any atom is 0.227 e. The van der Waals surface area contributed by atoms with Gasteiger partial charge in [-0.25, -0.2) is 0 Å². The molecule has 0 bridgehead atoms. The standard InChI is InChI=1S/C23H24N2O2/c1-27-22-9-3-2-7-20(22)21-8-6-16-25(21)23(26)17-18-10-12-19(13-11-18)24-14-4-5-15-24/h2-5,7,9-15,21H,6,8,16-17H2,1H3. The number of benzene rings is 2. The summed E-state index contributed by atoms with van der Waals surface area (Å²) in [7, 11) is 1.69. The monoisotopic (exact) mass is 360 g/mol. The third kappa shape index (κ3) is 3.61. The van der Waals surface area contributed by atoms with Crippen molar-refractivity contribution in [2.45, 2.75) is 25.3 Å². The lowest BCUT2D eigenvalue weighted by atomic mass is 10.0. The van der Waals surface area contributed by atoms with Crippen LogP contribution in [0.4, 0.5) is 0 Å². The van der Waals surface area contributed by atoms with Crippen molar-refractivity contribution in [2.24, 2.45) is 0 Å². The molecule has 1 saturated heterocycles. The molecular formula is C23H24N2O2. The predicted octanol–water partition coefficient (Wildman–Crippen LogP) is 4.39. The highest BCUT2D eigenvalue weighted by Crippen LogP contribution is 2.37. The molecule has 4 rings (SSSR count). The second-order valence-corrected chi connectivity index (χ2v) is 6.92. The SMILES string of the molecule is COc1ccccc1C1CCCN1C(=O)Cc1ccc(-n2cccc2)cc1. The first kappa shape index (κ1) is 17.4. The second-order valence-electron chi connectivity index (χ2n) is 6.92. The molecule has 1 fully saturated rings. The topological polar surface area (TPSA) is 34.5 Å². The van der Waals surface area contributed by atoms with Crippen LogP contribution in [0.1, 0.15) is 30.0 Å². The van der Waals surface area contributed by atoms with Crippen molar-refractivity contribution in [3.8, 4) is 11.4 Å². The zero-order chi connectivity index (χ0) is 18.6. The van der Waals surface area contributed by atoms with Gasteiger partial charge in [0.1, 0.15) is 5.75 Å². The lowest BCUT2D eigenvalue weighted by Crippen LogP contribution is -2.32. The Balaban J connectivity index is 1.49. The van der Waals surface area contributed by atoms with Gasteiger partial charge in [0.15, 0.2) is 0 Å². The molecule has 1 unspecified atom stereocenters. The lowest BCUT2D eigenvalue weighted by Gasteiger charge is -2.26. The minimum absolute atomic E-state index is 0.104. The van der Waals surface area contributed by atoms with E-state index in [9.17, 15) is 4.79 Å². The minimum Gasteiger partial charge on any atom is -0.496 e. The fourth-order valence-corrected chi connectivity index (χ4v) is 3.90. The second kappa shape index (κ2) is 7.70. The smallest absolute Gasteiger partial charge is 0.227 e. The molecule has 0 saturated carbocycles. The van der Waals surface area contributed by atoms with Gasteiger partial charge in [-0.3, -0.25) is 4.79 Å². The molecule has 3 aromatic rings. The van der Waals surface area contributed by atoms with E-state index in [0.717, 1.165) is 42.0 Å². The van der Waals surface area contributed by atoms with Crippen molar-refractivity contribution in [3.05, 3.63) is 84.2 Å². The molecule has 1 aliphatic heterocycles. The van der Waals surface area contributed by atoms with E-state index in [2.05, 4.69) is 22.8 Å². The number of aromatic nitrogens is 1. The van der Waals surface area contributed by atoms with E-state index in [4.69, 9.17) is 4.74 Å². The van der Waals surface area contributed by atoms with Crippen LogP contribution in [0.5, 0.6) is 5.75 Å². The third-order valence-electron chi connectivity index (χ3n) is 5.27. The van der Waals surface area contributed by atoms with Gasteiger partial charge < -0.3 is 14.2 Å². The number of carbonyl (C=O) groups is 1. The molecule has 1 amide bonds. The normalized spacial score (nSPS) is 16.5. The number of hydrogen-bond acceptors (Lipinski definition) is 2. The summed E-state index contributed by atoms with van der Waals surface area (Å²) in [6, 6.07) is 20.3. The number of methoxy groups -OCH3 is 1. The van der Waals surface area contributed by atoms with Crippen molar-refractivity contribution >= 4 is 5.91 Å². The van der Waals surface area contributed by atoms with E-state index in [0.29, 0.717) is 6.42 Å². The van der Waals surface area contributed by atoms with Gasteiger partial charge in [0.2, 0.25) is 5.91 Å². The molecule has 138 valence electrons. The van der Waals surface area contributed by atoms with Crippen molar-refractivity contribution in [3.63, 3.8) is 0 Å². The summed E-state index contributed by atoms with van der Waals surface area (Å²) in [5, 5.41) is 0. The summed E-state index contributed by atoms with van der Waals surface area (Å²) in [6.07, 6.45) is 6.47. The summed E-state index contributed by atoms with van der Waals surface area (Å²) in [6.45, 7) is 0.809. The molecule has 1 aliphatic rings. The minimum atomic E-state index is 0.104. The third-order valence-corrected chi connectivity index (χ3v) is 5.27. The van der Waals surface area contributed by atoms with Crippen molar-refractivity contribution in [1.29, 1.82) is 0 Å². The molecule has 0 spiro atoms. The van der Waals surface area contributed by atoms with Crippen molar-refractivity contribution < 1.29 is 9.53 Å². The first-order chi connectivity index (χ1) is 13.3. The van der Waals surface area contributed by atoms with E-state index >= 15 is 0 Å². The Morgan fingerprint density at radius 1 is 1.04 bits per heavy atom. The molecule has 2 heterocycles. The van der Waals surface area contributed by atoms with Gasteiger partial charge in [0.05, 0.1) is 19.6 Å². The number of para-hydroxylation sites is 1. The first-order valence-electron chi connectivity index (χ1n) is 9.41. The van der Waals surface area contributed by atoms with Crippen LogP contribution in [0.25, 0.3) is 5.69 Å². The molecule has 0 radical (unpaired) electrons. The Labute approximate surface area is 160 Å². The Bertz CT molecular complexity index is 900. The van der Waals surface area contributed by atoms with E-state index in [-0.39, 0.29) is 11.9 Å². The number of hydrogen-bond donors (Lipinski definition) is 0. The number of rotatable bonds is 5. The van der Waals surface area contributed by atoms with Crippen LogP contribution in [0.3, 0.4) is 0 Å². The largest absolute Gasteiger partial charge is 0.496 e. The van der Waals surface area contributed by atoms with Crippen LogP contribution < -0.4 is 4.74 Å². The zero-order valence-corrected chi connectivity index (χ0v) is 15.5. The number of amides is 1. The van der Waals surface area contributed by atoms with Crippen LogP contribution in [-0.4, -0.2) is 29.0 Å². The molecule has 0 N–H and O–H groups in total. The van der Waals surface area contributed by atoms with Crippen LogP contribution in [0.2, 0.25) is 0 Å². The van der Waals surface area contributed by atoms with Gasteiger partial charge in [-0.2, -0.15) is 0 Å². The number of nitrogens with zero attached hydrogens (tertiary/aromatic N) is 2. The van der Waals surface area contributed by atoms with Gasteiger partial charge in [-0.05, 0) is 48.7 Å². The Kier molecular flexibility index (Phi) is 4.97. The lowest BCUT2D eigenvalue weighted by molar-refractivity contribution is -0.131. The summed E-state index contributed by atoms with van der Waals surface area (Å²) in [4.78, 5) is 15.0. The van der Waals surface area contributed by atoms with E-state index in [1.807, 2.05) is 59.8 Å². The van der Waals surface area contributed by atoms with Crippen LogP contribution in [0, 0.1) is 0 Å². The summed E-state index contributed by atoms with van der Waals surface area (Å²) in [5.74, 6) is 1.04. The van der Waals surface area contributed by atoms with E-state index < -0.39 is 0 Å². The molecule has 1 atom stereocenters. The highest BCUT2D eigenvalue weighted by atomic mass is 16.5. The van der Waals surface area contributed by atoms with Crippen LogP contribution >= 0.6 is 0 Å². The Hall–Kier alpha value is -3.01. The van der Waals surface area contributed by atoms with Crippen molar-refractivity contribution in [1.82, 2.24) is 9.47 Å². The Morgan fingerprint density at radius 2 is 1.78 bits per heavy atom. The predicted molar refractivity (Wildman–Crippen MR) is 106 cm³/mol. The highest BCUT2D eigenvalue weighted by Gasteiger charge is 2.31. The zero-order valence-electron chi connectivity index (χ0n) is 15.5.